The van der Waals surface area contributed by atoms with Crippen LogP contribution in [0.15, 0.2) is 96.4 Å². The molecule has 5 aromatic rings. The largest absolute Gasteiger partial charge is 0.497 e. The van der Waals surface area contributed by atoms with Crippen LogP contribution in [0, 0.1) is 6.92 Å². The standard InChI is InChI=1S/C41H37Cl2F3N6O3/c1-24-19-32(51(21-25-8-12-27(53-4)13-9-25)22-26-10-14-28(54-5)15-11-26)50-36(34(24)41(44,45)46)29-20-31-33-37(35(29)42)48-23-49-39(33)52(17-18-55-31)40(2,3)30-7-6-16-47-38(30)43/h6-20,48H,21-23H2,1-5H3. The fourth-order valence-corrected chi connectivity index (χ4v) is 7.56. The van der Waals surface area contributed by atoms with E-state index in [1.807, 2.05) is 78.2 Å². The maximum Gasteiger partial charge on any atom is 0.418 e. The van der Waals surface area contributed by atoms with Gasteiger partial charge in [0.25, 0.3) is 0 Å². The Hall–Kier alpha value is -5.46. The molecule has 0 amide bonds. The van der Waals surface area contributed by atoms with Crippen molar-refractivity contribution in [2.24, 2.45) is 4.99 Å². The lowest BCUT2D eigenvalue weighted by Crippen LogP contribution is -2.43. The second-order valence-electron chi connectivity index (χ2n) is 13.5. The molecule has 0 spiro atoms. The van der Waals surface area contributed by atoms with Crippen molar-refractivity contribution in [1.82, 2.24) is 14.9 Å². The molecular weight excluding hydrogens is 752 g/mol. The number of hydrogen-bond acceptors (Lipinski definition) is 9. The highest BCUT2D eigenvalue weighted by atomic mass is 35.5. The minimum atomic E-state index is -4.76. The van der Waals surface area contributed by atoms with Crippen LogP contribution in [-0.2, 0) is 24.8 Å². The zero-order valence-electron chi connectivity index (χ0n) is 30.6. The number of benzene rings is 3. The maximum absolute atomic E-state index is 15.1. The van der Waals surface area contributed by atoms with E-state index < -0.39 is 17.3 Å². The Balaban J connectivity index is 1.37. The minimum Gasteiger partial charge on any atom is -0.497 e. The average molecular weight is 790 g/mol. The highest BCUT2D eigenvalue weighted by Gasteiger charge is 2.41. The molecule has 9 nitrogen and oxygen atoms in total. The molecule has 2 aromatic heterocycles. The number of aliphatic imine (C=N–C) groups is 1. The van der Waals surface area contributed by atoms with Crippen LogP contribution in [0.3, 0.4) is 0 Å². The quantitative estimate of drug-likeness (QED) is 0.140. The van der Waals surface area contributed by atoms with Crippen molar-refractivity contribution >= 4 is 40.5 Å². The van der Waals surface area contributed by atoms with Crippen molar-refractivity contribution in [3.63, 3.8) is 0 Å². The summed E-state index contributed by atoms with van der Waals surface area (Å²) < 4.78 is 62.2. The van der Waals surface area contributed by atoms with E-state index in [2.05, 4.69) is 10.3 Å². The molecule has 0 saturated carbocycles. The number of amidine groups is 1. The molecule has 55 heavy (non-hydrogen) atoms. The van der Waals surface area contributed by atoms with Crippen LogP contribution in [0.25, 0.3) is 11.3 Å². The van der Waals surface area contributed by atoms with Gasteiger partial charge in [-0.3, -0.25) is 0 Å². The third-order valence-corrected chi connectivity index (χ3v) is 10.4. The van der Waals surface area contributed by atoms with Gasteiger partial charge in [-0.25, -0.2) is 15.0 Å². The van der Waals surface area contributed by atoms with Gasteiger partial charge in [0.1, 0.15) is 47.0 Å². The maximum atomic E-state index is 15.1. The van der Waals surface area contributed by atoms with Crippen LogP contribution in [0.1, 0.15) is 47.2 Å². The van der Waals surface area contributed by atoms with Gasteiger partial charge in [0.2, 0.25) is 0 Å². The van der Waals surface area contributed by atoms with Crippen molar-refractivity contribution in [3.05, 3.63) is 135 Å². The zero-order chi connectivity index (χ0) is 39.1. The first-order valence-corrected chi connectivity index (χ1v) is 18.0. The number of alkyl halides is 3. The lowest BCUT2D eigenvalue weighted by molar-refractivity contribution is -0.137. The van der Waals surface area contributed by atoms with Crippen LogP contribution in [0.2, 0.25) is 10.2 Å². The Morgan fingerprint density at radius 1 is 0.927 bits per heavy atom. The van der Waals surface area contributed by atoms with E-state index in [0.29, 0.717) is 52.6 Å². The SMILES string of the molecule is COc1ccc(CN(Cc2ccc(OC)cc2)c2cc(C)c(C(F)(F)F)c(-c3cc4c5c(c3Cl)NCN=C5N(C(C)(C)c3cccnc3Cl)C=CO4)n2)cc1. The smallest absolute Gasteiger partial charge is 0.418 e. The van der Waals surface area contributed by atoms with Gasteiger partial charge in [-0.1, -0.05) is 53.5 Å². The van der Waals surface area contributed by atoms with Gasteiger partial charge in [-0.05, 0) is 79.9 Å². The summed E-state index contributed by atoms with van der Waals surface area (Å²) in [5.74, 6) is 2.44. The van der Waals surface area contributed by atoms with Crippen molar-refractivity contribution in [2.75, 3.05) is 31.1 Å². The third-order valence-electron chi connectivity index (χ3n) is 9.72. The van der Waals surface area contributed by atoms with Gasteiger partial charge in [-0.15, -0.1) is 0 Å². The predicted molar refractivity (Wildman–Crippen MR) is 209 cm³/mol. The summed E-state index contributed by atoms with van der Waals surface area (Å²) in [5.41, 5.74) is 1.41. The molecule has 2 aliphatic rings. The van der Waals surface area contributed by atoms with Crippen LogP contribution in [0.4, 0.5) is 24.7 Å². The van der Waals surface area contributed by atoms with Gasteiger partial charge in [0.05, 0.1) is 47.3 Å². The number of pyridine rings is 2. The first-order valence-electron chi connectivity index (χ1n) is 17.3. The number of hydrogen-bond donors (Lipinski definition) is 1. The van der Waals surface area contributed by atoms with Crippen molar-refractivity contribution in [2.45, 2.75) is 45.6 Å². The molecule has 7 rings (SSSR count). The second-order valence-corrected chi connectivity index (χ2v) is 14.3. The second kappa shape index (κ2) is 15.0. The highest BCUT2D eigenvalue weighted by molar-refractivity contribution is 6.37. The predicted octanol–water partition coefficient (Wildman–Crippen LogP) is 10.2. The summed E-state index contributed by atoms with van der Waals surface area (Å²) in [5, 5.41) is 3.56. The summed E-state index contributed by atoms with van der Waals surface area (Å²) in [4.78, 5) is 17.6. The van der Waals surface area contributed by atoms with E-state index in [1.54, 1.807) is 32.7 Å². The van der Waals surface area contributed by atoms with E-state index in [9.17, 15) is 0 Å². The molecule has 0 fully saturated rings. The number of nitrogens with zero attached hydrogens (tertiary/aromatic N) is 5. The van der Waals surface area contributed by atoms with Gasteiger partial charge >= 0.3 is 6.18 Å². The summed E-state index contributed by atoms with van der Waals surface area (Å²) in [6.07, 6.45) is 0.0215. The number of rotatable bonds is 10. The van der Waals surface area contributed by atoms with E-state index in [1.165, 1.54) is 25.3 Å². The molecule has 0 saturated heterocycles. The lowest BCUT2D eigenvalue weighted by Gasteiger charge is -2.39. The Morgan fingerprint density at radius 3 is 2.15 bits per heavy atom. The molecule has 0 radical (unpaired) electrons. The van der Waals surface area contributed by atoms with Gasteiger partial charge in [0, 0.05) is 36.6 Å². The minimum absolute atomic E-state index is 0.0149. The summed E-state index contributed by atoms with van der Waals surface area (Å²) in [7, 11) is 3.17. The average Bonchev–Trinajstić information content (AvgIpc) is 3.36. The molecule has 0 aliphatic carbocycles. The van der Waals surface area contributed by atoms with Crippen LogP contribution < -0.4 is 24.4 Å². The van der Waals surface area contributed by atoms with Gasteiger partial charge < -0.3 is 29.3 Å². The molecule has 284 valence electrons. The summed E-state index contributed by atoms with van der Waals surface area (Å²) in [6, 6.07) is 21.6. The number of aromatic nitrogens is 2. The zero-order valence-corrected chi connectivity index (χ0v) is 32.1. The summed E-state index contributed by atoms with van der Waals surface area (Å²) >= 11 is 13.7. The molecule has 4 heterocycles. The van der Waals surface area contributed by atoms with E-state index in [-0.39, 0.29) is 34.3 Å². The number of nitrogens with one attached hydrogen (secondary N) is 1. The normalized spacial score (nSPS) is 13.6. The molecule has 0 bridgehead atoms. The van der Waals surface area contributed by atoms with E-state index in [0.717, 1.165) is 16.7 Å². The van der Waals surface area contributed by atoms with Crippen molar-refractivity contribution in [3.8, 4) is 28.5 Å². The van der Waals surface area contributed by atoms with Crippen LogP contribution in [-0.4, -0.2) is 41.6 Å². The van der Waals surface area contributed by atoms with E-state index >= 15 is 13.2 Å². The number of methoxy groups -OCH3 is 2. The first kappa shape index (κ1) is 37.8. The molecule has 1 N–H and O–H groups in total. The number of anilines is 2. The Kier molecular flexibility index (Phi) is 10.3. The Morgan fingerprint density at radius 2 is 1.56 bits per heavy atom. The Labute approximate surface area is 327 Å². The summed E-state index contributed by atoms with van der Waals surface area (Å²) in [6.45, 7) is 6.12. The molecule has 14 heteroatoms. The molecular formula is C41H37Cl2F3N6O3. The monoisotopic (exact) mass is 788 g/mol. The molecule has 0 atom stereocenters. The number of halogens is 5. The van der Waals surface area contributed by atoms with E-state index in [4.69, 9.17) is 47.4 Å². The topological polar surface area (TPSA) is 84.3 Å². The van der Waals surface area contributed by atoms with Gasteiger partial charge in [0.15, 0.2) is 0 Å². The Bertz CT molecular complexity index is 2250. The molecule has 3 aromatic carbocycles. The number of ether oxygens (including phenoxy) is 3. The fourth-order valence-electron chi connectivity index (χ4n) is 6.91. The lowest BCUT2D eigenvalue weighted by atomic mass is 9.91. The third kappa shape index (κ3) is 7.36. The molecule has 0 unspecified atom stereocenters. The highest BCUT2D eigenvalue weighted by Crippen LogP contribution is 2.49. The van der Waals surface area contributed by atoms with Crippen LogP contribution >= 0.6 is 23.2 Å². The fraction of sp³-hybridized carbons (Fsp3) is 0.244. The first-order chi connectivity index (χ1) is 26.3. The van der Waals surface area contributed by atoms with Crippen molar-refractivity contribution < 1.29 is 27.4 Å². The molecule has 2 aliphatic heterocycles. The van der Waals surface area contributed by atoms with Crippen LogP contribution in [0.5, 0.6) is 17.2 Å². The van der Waals surface area contributed by atoms with Gasteiger partial charge in [-0.2, -0.15) is 13.2 Å². The van der Waals surface area contributed by atoms with Crippen molar-refractivity contribution in [1.29, 1.82) is 0 Å². The number of aryl methyl sites for hydroxylation is 1.